The number of carbonyl (C=O) groups excluding carboxylic acids is 1. The Balaban J connectivity index is 0.000000212. The molecule has 3 rings (SSSR count). The molecule has 3 aromatic rings. The lowest BCUT2D eigenvalue weighted by atomic mass is 10.3. The maximum absolute atomic E-state index is 12.0. The summed E-state index contributed by atoms with van der Waals surface area (Å²) in [6.07, 6.45) is 4.75. The molecule has 0 aliphatic heterocycles. The zero-order valence-corrected chi connectivity index (χ0v) is 14.7. The van der Waals surface area contributed by atoms with Gasteiger partial charge in [-0.25, -0.2) is 12.9 Å². The molecule has 2 N–H and O–H groups in total. The first-order valence-electron chi connectivity index (χ1n) is 7.47. The summed E-state index contributed by atoms with van der Waals surface area (Å²) in [5.74, 6) is -0.442. The van der Waals surface area contributed by atoms with E-state index in [1.165, 1.54) is 10.5 Å². The van der Waals surface area contributed by atoms with Gasteiger partial charge >= 0.3 is 0 Å². The fraction of sp³-hybridized carbons (Fsp3) is 0.188. The molecular formula is C16H19N5O3S. The van der Waals surface area contributed by atoms with Crippen molar-refractivity contribution < 1.29 is 13.2 Å². The summed E-state index contributed by atoms with van der Waals surface area (Å²) < 4.78 is 26.8. The van der Waals surface area contributed by atoms with Gasteiger partial charge in [0.1, 0.15) is 0 Å². The van der Waals surface area contributed by atoms with E-state index in [-0.39, 0.29) is 5.03 Å². The number of rotatable bonds is 4. The van der Waals surface area contributed by atoms with Gasteiger partial charge in [0.05, 0.1) is 11.1 Å². The van der Waals surface area contributed by atoms with Gasteiger partial charge in [0.2, 0.25) is 5.91 Å². The lowest BCUT2D eigenvalue weighted by molar-refractivity contribution is 0.1000. The van der Waals surface area contributed by atoms with Crippen molar-refractivity contribution >= 4 is 21.4 Å². The molecule has 1 amide bonds. The molecule has 25 heavy (non-hydrogen) atoms. The van der Waals surface area contributed by atoms with Gasteiger partial charge in [-0.15, -0.1) is 0 Å². The van der Waals surface area contributed by atoms with Gasteiger partial charge in [-0.1, -0.05) is 13.0 Å². The van der Waals surface area contributed by atoms with Crippen LogP contribution in [0, 0.1) is 0 Å². The van der Waals surface area contributed by atoms with E-state index in [0.717, 1.165) is 5.52 Å². The Bertz CT molecular complexity index is 921. The van der Waals surface area contributed by atoms with Crippen molar-refractivity contribution in [2.45, 2.75) is 11.9 Å². The molecule has 0 aliphatic rings. The van der Waals surface area contributed by atoms with E-state index in [2.05, 4.69) is 10.1 Å². The van der Waals surface area contributed by atoms with E-state index in [1.807, 2.05) is 12.1 Å². The van der Waals surface area contributed by atoms with Gasteiger partial charge in [0.25, 0.3) is 10.0 Å². The van der Waals surface area contributed by atoms with Crippen LogP contribution in [-0.4, -0.2) is 46.8 Å². The number of hydrogen-bond acceptors (Lipinski definition) is 5. The predicted octanol–water partition coefficient (Wildman–Crippen LogP) is 1.16. The average Bonchev–Trinajstić information content (AvgIpc) is 3.07. The van der Waals surface area contributed by atoms with Crippen LogP contribution in [0.1, 0.15) is 17.3 Å². The first-order valence-corrected chi connectivity index (χ1v) is 8.91. The van der Waals surface area contributed by atoms with Gasteiger partial charge in [-0.05, 0) is 24.3 Å². The van der Waals surface area contributed by atoms with E-state index in [1.54, 1.807) is 55.1 Å². The number of primary amides is 1. The van der Waals surface area contributed by atoms with E-state index in [9.17, 15) is 13.2 Å². The Labute approximate surface area is 146 Å². The first kappa shape index (κ1) is 18.6. The highest BCUT2D eigenvalue weighted by molar-refractivity contribution is 7.89. The van der Waals surface area contributed by atoms with Gasteiger partial charge in [-0.2, -0.15) is 9.40 Å². The highest BCUT2D eigenvalue weighted by Crippen LogP contribution is 2.14. The molecule has 0 aliphatic carbocycles. The van der Waals surface area contributed by atoms with E-state index in [0.29, 0.717) is 12.1 Å². The molecule has 132 valence electrons. The molecule has 0 fully saturated rings. The Morgan fingerprint density at radius 2 is 2.04 bits per heavy atom. The topological polar surface area (TPSA) is 111 Å². The number of hydrogen-bond donors (Lipinski definition) is 1. The predicted molar refractivity (Wildman–Crippen MR) is 93.4 cm³/mol. The quantitative estimate of drug-likeness (QED) is 0.749. The fourth-order valence-corrected chi connectivity index (χ4v) is 3.00. The Morgan fingerprint density at radius 1 is 1.28 bits per heavy atom. The summed E-state index contributed by atoms with van der Waals surface area (Å²) in [6.45, 7) is 2.21. The van der Waals surface area contributed by atoms with E-state index < -0.39 is 15.9 Å². The maximum Gasteiger partial charge on any atom is 0.262 e. The smallest absolute Gasteiger partial charge is 0.262 e. The number of amides is 1. The maximum atomic E-state index is 12.0. The number of carbonyl (C=O) groups is 1. The standard InChI is InChI=1S/C10H13N3O2S.C6H6N2O/c1-3-12(2)16(14,15)10-8-9-6-4-5-7-13(9)11-10;7-6(9)5-2-1-3-8-4-5/h4-8H,3H2,1-2H3;1-4H,(H2,7,9). The van der Waals surface area contributed by atoms with Crippen LogP contribution in [0.5, 0.6) is 0 Å². The van der Waals surface area contributed by atoms with Crippen LogP contribution in [0.15, 0.2) is 60.0 Å². The summed E-state index contributed by atoms with van der Waals surface area (Å²) in [4.78, 5) is 14.1. The molecule has 0 saturated carbocycles. The molecule has 0 aromatic carbocycles. The lowest BCUT2D eigenvalue weighted by Crippen LogP contribution is -2.26. The van der Waals surface area contributed by atoms with Crippen LogP contribution in [0.2, 0.25) is 0 Å². The van der Waals surface area contributed by atoms with Crippen molar-refractivity contribution in [3.63, 3.8) is 0 Å². The van der Waals surface area contributed by atoms with Crippen LogP contribution in [0.3, 0.4) is 0 Å². The normalized spacial score (nSPS) is 11.2. The lowest BCUT2D eigenvalue weighted by Gasteiger charge is -2.11. The van der Waals surface area contributed by atoms with Crippen molar-refractivity contribution in [2.24, 2.45) is 5.73 Å². The minimum atomic E-state index is -3.45. The van der Waals surface area contributed by atoms with Gasteiger partial charge in [0.15, 0.2) is 5.03 Å². The fourth-order valence-electron chi connectivity index (χ4n) is 1.88. The second-order valence-corrected chi connectivity index (χ2v) is 7.07. The Kier molecular flexibility index (Phi) is 5.84. The molecule has 0 spiro atoms. The summed E-state index contributed by atoms with van der Waals surface area (Å²) in [6, 6.07) is 10.3. The molecule has 0 atom stereocenters. The van der Waals surface area contributed by atoms with Crippen LogP contribution in [0.25, 0.3) is 5.52 Å². The molecular weight excluding hydrogens is 342 g/mol. The number of fused-ring (bicyclic) bond motifs is 1. The SMILES string of the molecule is CCN(C)S(=O)(=O)c1cc2ccccn2n1.NC(=O)c1cccnc1. The van der Waals surface area contributed by atoms with Crippen molar-refractivity contribution in [1.82, 2.24) is 18.9 Å². The third-order valence-corrected chi connectivity index (χ3v) is 5.22. The molecule has 8 nitrogen and oxygen atoms in total. The number of aromatic nitrogens is 3. The summed E-state index contributed by atoms with van der Waals surface area (Å²) in [5.41, 5.74) is 6.15. The van der Waals surface area contributed by atoms with Crippen LogP contribution >= 0.6 is 0 Å². The number of sulfonamides is 1. The van der Waals surface area contributed by atoms with Crippen molar-refractivity contribution in [2.75, 3.05) is 13.6 Å². The highest BCUT2D eigenvalue weighted by atomic mass is 32.2. The molecule has 0 unspecified atom stereocenters. The molecule has 3 heterocycles. The first-order chi connectivity index (χ1) is 11.9. The Morgan fingerprint density at radius 3 is 2.56 bits per heavy atom. The van der Waals surface area contributed by atoms with Gasteiger partial charge in [-0.3, -0.25) is 9.78 Å². The monoisotopic (exact) mass is 361 g/mol. The summed E-state index contributed by atoms with van der Waals surface area (Å²) >= 11 is 0. The van der Waals surface area contributed by atoms with E-state index >= 15 is 0 Å². The minimum Gasteiger partial charge on any atom is -0.366 e. The zero-order valence-electron chi connectivity index (χ0n) is 13.9. The second kappa shape index (κ2) is 7.86. The largest absolute Gasteiger partial charge is 0.366 e. The van der Waals surface area contributed by atoms with E-state index in [4.69, 9.17) is 5.73 Å². The third-order valence-electron chi connectivity index (χ3n) is 3.41. The van der Waals surface area contributed by atoms with Crippen molar-refractivity contribution in [3.05, 3.63) is 60.6 Å². The average molecular weight is 361 g/mol. The number of nitrogens with two attached hydrogens (primary N) is 1. The van der Waals surface area contributed by atoms with Crippen LogP contribution in [-0.2, 0) is 10.0 Å². The number of pyridine rings is 2. The minimum absolute atomic E-state index is 0.0862. The van der Waals surface area contributed by atoms with Crippen LogP contribution < -0.4 is 5.73 Å². The van der Waals surface area contributed by atoms with Crippen molar-refractivity contribution in [1.29, 1.82) is 0 Å². The highest BCUT2D eigenvalue weighted by Gasteiger charge is 2.22. The molecule has 0 radical (unpaired) electrons. The summed E-state index contributed by atoms with van der Waals surface area (Å²) in [5, 5.41) is 4.13. The number of nitrogens with zero attached hydrogens (tertiary/aromatic N) is 4. The van der Waals surface area contributed by atoms with Gasteiger partial charge < -0.3 is 5.73 Å². The zero-order chi connectivity index (χ0) is 18.4. The molecule has 3 aromatic heterocycles. The molecule has 9 heteroatoms. The molecule has 0 saturated heterocycles. The third kappa shape index (κ3) is 4.40. The van der Waals surface area contributed by atoms with Gasteiger partial charge in [0, 0.05) is 38.2 Å². The van der Waals surface area contributed by atoms with Crippen molar-refractivity contribution in [3.8, 4) is 0 Å². The second-order valence-electron chi connectivity index (χ2n) is 5.08. The summed E-state index contributed by atoms with van der Waals surface area (Å²) in [7, 11) is -1.91. The van der Waals surface area contributed by atoms with Crippen LogP contribution in [0.4, 0.5) is 0 Å². The Hall–Kier alpha value is -2.78. The molecule has 0 bridgehead atoms.